The van der Waals surface area contributed by atoms with Crippen LogP contribution in [0.5, 0.6) is 0 Å². The van der Waals surface area contributed by atoms with Crippen LogP contribution >= 0.6 is 11.3 Å². The summed E-state index contributed by atoms with van der Waals surface area (Å²) in [5.41, 5.74) is 6.00. The van der Waals surface area contributed by atoms with Crippen LogP contribution in [0.2, 0.25) is 0 Å². The third kappa shape index (κ3) is 3.61. The monoisotopic (exact) mass is 327 g/mol. The van der Waals surface area contributed by atoms with E-state index < -0.39 is 9.84 Å². The molecule has 1 fully saturated rings. The third-order valence-electron chi connectivity index (χ3n) is 3.30. The molecule has 1 saturated heterocycles. The second-order valence-corrected chi connectivity index (χ2v) is 8.17. The number of nitrogens with two attached hydrogens (primary N) is 1. The average molecular weight is 327 g/mol. The number of nitrogens with zero attached hydrogens (tertiary/aromatic N) is 2. The number of sulfone groups is 1. The number of terminal acetylenes is 1. The molecule has 114 valence electrons. The van der Waals surface area contributed by atoms with Crippen molar-refractivity contribution in [2.45, 2.75) is 25.4 Å². The van der Waals surface area contributed by atoms with Gasteiger partial charge in [0.25, 0.3) is 5.91 Å². The van der Waals surface area contributed by atoms with Crippen molar-refractivity contribution in [1.29, 1.82) is 0 Å². The quantitative estimate of drug-likeness (QED) is 0.809. The molecule has 0 spiro atoms. The summed E-state index contributed by atoms with van der Waals surface area (Å²) in [7, 11) is -3.08. The fourth-order valence-electron chi connectivity index (χ4n) is 2.23. The fraction of sp³-hybridized carbons (Fsp3) is 0.538. The van der Waals surface area contributed by atoms with Crippen molar-refractivity contribution in [2.24, 2.45) is 5.73 Å². The SMILES string of the molecule is C#CCN(C(=O)c1csc(C(C)N)n1)C1CCS(=O)(=O)C1. The molecule has 2 N–H and O–H groups in total. The first kappa shape index (κ1) is 15.9. The van der Waals surface area contributed by atoms with E-state index in [0.29, 0.717) is 11.4 Å². The lowest BCUT2D eigenvalue weighted by atomic mass is 10.2. The largest absolute Gasteiger partial charge is 0.322 e. The van der Waals surface area contributed by atoms with Gasteiger partial charge < -0.3 is 10.6 Å². The van der Waals surface area contributed by atoms with E-state index in [1.165, 1.54) is 16.2 Å². The summed E-state index contributed by atoms with van der Waals surface area (Å²) in [6, 6.07) is -0.622. The van der Waals surface area contributed by atoms with E-state index >= 15 is 0 Å². The molecule has 1 aliphatic rings. The van der Waals surface area contributed by atoms with E-state index in [4.69, 9.17) is 12.2 Å². The van der Waals surface area contributed by atoms with Gasteiger partial charge in [-0.15, -0.1) is 17.8 Å². The standard InChI is InChI=1S/C13H17N3O3S2/c1-3-5-16(10-4-6-21(18,19)8-10)13(17)11-7-20-12(15-11)9(2)14/h1,7,9-10H,4-6,8,14H2,2H3. The highest BCUT2D eigenvalue weighted by atomic mass is 32.2. The molecule has 2 heterocycles. The Hall–Kier alpha value is -1.43. The highest BCUT2D eigenvalue weighted by Crippen LogP contribution is 2.22. The van der Waals surface area contributed by atoms with Crippen LogP contribution in [0.3, 0.4) is 0 Å². The lowest BCUT2D eigenvalue weighted by Gasteiger charge is -2.25. The highest BCUT2D eigenvalue weighted by molar-refractivity contribution is 7.91. The third-order valence-corrected chi connectivity index (χ3v) is 6.10. The normalized spacial score (nSPS) is 21.7. The van der Waals surface area contributed by atoms with Crippen molar-refractivity contribution in [3.05, 3.63) is 16.1 Å². The van der Waals surface area contributed by atoms with Crippen molar-refractivity contribution in [1.82, 2.24) is 9.88 Å². The molecule has 2 rings (SSSR count). The van der Waals surface area contributed by atoms with Gasteiger partial charge in [0.1, 0.15) is 10.7 Å². The molecule has 0 aliphatic carbocycles. The maximum absolute atomic E-state index is 12.5. The Bertz CT molecular complexity index is 673. The Kier molecular flexibility index (Phi) is 4.66. The number of hydrogen-bond acceptors (Lipinski definition) is 6. The van der Waals surface area contributed by atoms with Gasteiger partial charge in [0.05, 0.1) is 24.1 Å². The van der Waals surface area contributed by atoms with Crippen LogP contribution in [0.1, 0.15) is 34.9 Å². The summed E-state index contributed by atoms with van der Waals surface area (Å²) in [4.78, 5) is 18.1. The van der Waals surface area contributed by atoms with E-state index in [1.807, 2.05) is 0 Å². The molecule has 1 aliphatic heterocycles. The summed E-state index contributed by atoms with van der Waals surface area (Å²) in [6.45, 7) is 1.86. The minimum absolute atomic E-state index is 0.0370. The van der Waals surface area contributed by atoms with Crippen LogP contribution < -0.4 is 5.73 Å². The zero-order valence-electron chi connectivity index (χ0n) is 11.7. The Balaban J connectivity index is 2.21. The zero-order chi connectivity index (χ0) is 15.6. The molecule has 1 aromatic rings. The molecule has 21 heavy (non-hydrogen) atoms. The van der Waals surface area contributed by atoms with Gasteiger partial charge in [0, 0.05) is 11.4 Å². The lowest BCUT2D eigenvalue weighted by Crippen LogP contribution is -2.41. The highest BCUT2D eigenvalue weighted by Gasteiger charge is 2.35. The van der Waals surface area contributed by atoms with Crippen LogP contribution in [0.4, 0.5) is 0 Å². The molecule has 0 radical (unpaired) electrons. The van der Waals surface area contributed by atoms with Crippen molar-refractivity contribution in [3.8, 4) is 12.3 Å². The van der Waals surface area contributed by atoms with Crippen molar-refractivity contribution in [3.63, 3.8) is 0 Å². The number of carbonyl (C=O) groups is 1. The first-order valence-corrected chi connectivity index (χ1v) is 9.20. The summed E-state index contributed by atoms with van der Waals surface area (Å²) < 4.78 is 23.2. The van der Waals surface area contributed by atoms with Crippen LogP contribution in [0.25, 0.3) is 0 Å². The molecule has 2 unspecified atom stereocenters. The minimum atomic E-state index is -3.08. The fourth-order valence-corrected chi connectivity index (χ4v) is 4.71. The second-order valence-electron chi connectivity index (χ2n) is 5.05. The molecule has 0 aromatic carbocycles. The molecule has 0 bridgehead atoms. The Morgan fingerprint density at radius 1 is 1.71 bits per heavy atom. The van der Waals surface area contributed by atoms with Gasteiger partial charge in [0.15, 0.2) is 9.84 Å². The van der Waals surface area contributed by atoms with Crippen LogP contribution in [-0.2, 0) is 9.84 Å². The van der Waals surface area contributed by atoms with Crippen LogP contribution in [0, 0.1) is 12.3 Å². The number of aromatic nitrogens is 1. The molecular weight excluding hydrogens is 310 g/mol. The van der Waals surface area contributed by atoms with Crippen molar-refractivity contribution < 1.29 is 13.2 Å². The molecule has 8 heteroatoms. The summed E-state index contributed by atoms with van der Waals surface area (Å²) in [6.07, 6.45) is 5.72. The average Bonchev–Trinajstić information content (AvgIpc) is 3.01. The van der Waals surface area contributed by atoms with Gasteiger partial charge >= 0.3 is 0 Å². The molecule has 6 nitrogen and oxygen atoms in total. The van der Waals surface area contributed by atoms with Crippen molar-refractivity contribution in [2.75, 3.05) is 18.1 Å². The molecular formula is C13H17N3O3S2. The smallest absolute Gasteiger partial charge is 0.274 e. The predicted octanol–water partition coefficient (Wildman–Crippen LogP) is 0.425. The summed E-state index contributed by atoms with van der Waals surface area (Å²) in [5.74, 6) is 2.13. The van der Waals surface area contributed by atoms with Crippen LogP contribution in [-0.4, -0.2) is 48.3 Å². The Morgan fingerprint density at radius 2 is 2.43 bits per heavy atom. The first-order chi connectivity index (χ1) is 9.84. The van der Waals surface area contributed by atoms with Gasteiger partial charge in [-0.1, -0.05) is 5.92 Å². The molecule has 1 aromatic heterocycles. The van der Waals surface area contributed by atoms with E-state index in [-0.39, 0.29) is 41.7 Å². The maximum Gasteiger partial charge on any atom is 0.274 e. The minimum Gasteiger partial charge on any atom is -0.322 e. The number of amides is 1. The van der Waals surface area contributed by atoms with Gasteiger partial charge in [0.2, 0.25) is 0 Å². The topological polar surface area (TPSA) is 93.4 Å². The number of carbonyl (C=O) groups excluding carboxylic acids is 1. The van der Waals surface area contributed by atoms with Crippen molar-refractivity contribution >= 4 is 27.1 Å². The van der Waals surface area contributed by atoms with E-state index in [1.54, 1.807) is 12.3 Å². The summed E-state index contributed by atoms with van der Waals surface area (Å²) in [5, 5.41) is 2.30. The molecule has 0 saturated carbocycles. The second kappa shape index (κ2) is 6.13. The zero-order valence-corrected chi connectivity index (χ0v) is 13.3. The number of thiazole rings is 1. The first-order valence-electron chi connectivity index (χ1n) is 6.50. The van der Waals surface area contributed by atoms with E-state index in [2.05, 4.69) is 10.9 Å². The lowest BCUT2D eigenvalue weighted by molar-refractivity contribution is 0.0719. The number of hydrogen-bond donors (Lipinski definition) is 1. The van der Waals surface area contributed by atoms with Gasteiger partial charge in [-0.25, -0.2) is 13.4 Å². The summed E-state index contributed by atoms with van der Waals surface area (Å²) >= 11 is 1.31. The van der Waals surface area contributed by atoms with Gasteiger partial charge in [-0.2, -0.15) is 0 Å². The van der Waals surface area contributed by atoms with E-state index in [0.717, 1.165) is 0 Å². The predicted molar refractivity (Wildman–Crippen MR) is 81.6 cm³/mol. The number of rotatable bonds is 4. The van der Waals surface area contributed by atoms with E-state index in [9.17, 15) is 13.2 Å². The Morgan fingerprint density at radius 3 is 2.90 bits per heavy atom. The van der Waals surface area contributed by atoms with Crippen LogP contribution in [0.15, 0.2) is 5.38 Å². The Labute approximate surface area is 128 Å². The van der Waals surface area contributed by atoms with Gasteiger partial charge in [-0.05, 0) is 13.3 Å². The molecule has 1 amide bonds. The molecule has 2 atom stereocenters. The maximum atomic E-state index is 12.5. The van der Waals surface area contributed by atoms with Gasteiger partial charge in [-0.3, -0.25) is 4.79 Å².